The van der Waals surface area contributed by atoms with Gasteiger partial charge in [0.1, 0.15) is 5.82 Å². The highest BCUT2D eigenvalue weighted by atomic mass is 19.1. The minimum atomic E-state index is -0.186. The Kier molecular flexibility index (Phi) is 2.76. The van der Waals surface area contributed by atoms with Gasteiger partial charge in [-0.1, -0.05) is 18.2 Å². The summed E-state index contributed by atoms with van der Waals surface area (Å²) in [5.41, 5.74) is 4.09. The Labute approximate surface area is 127 Å². The lowest BCUT2D eigenvalue weighted by Gasteiger charge is -2.10. The van der Waals surface area contributed by atoms with Gasteiger partial charge < -0.3 is 4.57 Å². The van der Waals surface area contributed by atoms with Crippen LogP contribution in [0.25, 0.3) is 33.1 Å². The number of para-hydroxylation sites is 1. The van der Waals surface area contributed by atoms with Crippen molar-refractivity contribution >= 4 is 21.8 Å². The van der Waals surface area contributed by atoms with Gasteiger partial charge >= 0.3 is 0 Å². The van der Waals surface area contributed by atoms with Gasteiger partial charge in [-0.3, -0.25) is 0 Å². The smallest absolute Gasteiger partial charge is 0.137 e. The van der Waals surface area contributed by atoms with Crippen LogP contribution in [0.3, 0.4) is 0 Å². The largest absolute Gasteiger partial charge is 0.351 e. The first-order valence-electron chi connectivity index (χ1n) is 7.25. The van der Waals surface area contributed by atoms with Crippen molar-refractivity contribution in [2.75, 3.05) is 0 Å². The summed E-state index contributed by atoms with van der Waals surface area (Å²) in [6.07, 6.45) is 2.02. The molecule has 0 aliphatic heterocycles. The standard InChI is InChI=1S/C19H15FN2/c1-12-18(20)15-5-3-4-6-16(15)21-19(12)14-7-8-17-13(11-14)9-10-22(17)2/h3-11H,1-2H3. The molecule has 2 nitrogen and oxygen atoms in total. The summed E-state index contributed by atoms with van der Waals surface area (Å²) in [6, 6.07) is 15.5. The molecule has 0 aliphatic carbocycles. The molecule has 4 rings (SSSR count). The molecule has 0 fully saturated rings. The average Bonchev–Trinajstić information content (AvgIpc) is 2.91. The van der Waals surface area contributed by atoms with Crippen LogP contribution in [0.5, 0.6) is 0 Å². The SMILES string of the molecule is Cc1c(-c2ccc3c(ccn3C)c2)nc2ccccc2c1F. The maximum Gasteiger partial charge on any atom is 0.137 e. The zero-order valence-electron chi connectivity index (χ0n) is 12.5. The van der Waals surface area contributed by atoms with E-state index in [1.54, 1.807) is 13.0 Å². The van der Waals surface area contributed by atoms with Gasteiger partial charge in [-0.2, -0.15) is 0 Å². The number of nitrogens with zero attached hydrogens (tertiary/aromatic N) is 2. The van der Waals surface area contributed by atoms with Gasteiger partial charge in [-0.05, 0) is 37.3 Å². The summed E-state index contributed by atoms with van der Waals surface area (Å²) >= 11 is 0. The molecule has 0 aliphatic rings. The molecule has 0 spiro atoms. The van der Waals surface area contributed by atoms with Crippen molar-refractivity contribution in [2.24, 2.45) is 7.05 Å². The van der Waals surface area contributed by atoms with Crippen LogP contribution < -0.4 is 0 Å². The first-order valence-corrected chi connectivity index (χ1v) is 7.25. The van der Waals surface area contributed by atoms with E-state index in [1.807, 2.05) is 37.5 Å². The van der Waals surface area contributed by atoms with Gasteiger partial charge in [-0.25, -0.2) is 9.37 Å². The van der Waals surface area contributed by atoms with Crippen LogP contribution in [0.1, 0.15) is 5.56 Å². The molecule has 2 aromatic carbocycles. The minimum absolute atomic E-state index is 0.186. The maximum atomic E-state index is 14.6. The molecule has 0 saturated carbocycles. The fourth-order valence-corrected chi connectivity index (χ4v) is 2.98. The molecule has 0 N–H and O–H groups in total. The van der Waals surface area contributed by atoms with Crippen molar-refractivity contribution in [1.29, 1.82) is 0 Å². The molecule has 108 valence electrons. The summed E-state index contributed by atoms with van der Waals surface area (Å²) in [5.74, 6) is -0.186. The Hall–Kier alpha value is -2.68. The van der Waals surface area contributed by atoms with Crippen LogP contribution in [0.15, 0.2) is 54.7 Å². The molecular weight excluding hydrogens is 275 g/mol. The number of pyridine rings is 1. The van der Waals surface area contributed by atoms with Crippen molar-refractivity contribution in [2.45, 2.75) is 6.92 Å². The predicted octanol–water partition coefficient (Wildman–Crippen LogP) is 4.84. The lowest BCUT2D eigenvalue weighted by atomic mass is 10.0. The number of rotatable bonds is 1. The van der Waals surface area contributed by atoms with Crippen LogP contribution in [0.2, 0.25) is 0 Å². The quantitative estimate of drug-likeness (QED) is 0.490. The van der Waals surface area contributed by atoms with E-state index in [0.29, 0.717) is 22.2 Å². The van der Waals surface area contributed by atoms with E-state index >= 15 is 0 Å². The highest BCUT2D eigenvalue weighted by molar-refractivity contribution is 5.88. The summed E-state index contributed by atoms with van der Waals surface area (Å²) in [4.78, 5) is 4.67. The number of halogens is 1. The van der Waals surface area contributed by atoms with E-state index in [2.05, 4.69) is 27.8 Å². The van der Waals surface area contributed by atoms with Crippen LogP contribution in [0.4, 0.5) is 4.39 Å². The Balaban J connectivity index is 2.00. The van der Waals surface area contributed by atoms with E-state index in [-0.39, 0.29) is 5.82 Å². The number of fused-ring (bicyclic) bond motifs is 2. The summed E-state index contributed by atoms with van der Waals surface area (Å²) in [5, 5.41) is 1.71. The molecular formula is C19H15FN2. The lowest BCUT2D eigenvalue weighted by molar-refractivity contribution is 0.630. The molecule has 0 radical (unpaired) electrons. The number of aromatic nitrogens is 2. The second-order valence-electron chi connectivity index (χ2n) is 5.62. The van der Waals surface area contributed by atoms with Crippen molar-refractivity contribution in [3.63, 3.8) is 0 Å². The highest BCUT2D eigenvalue weighted by Gasteiger charge is 2.13. The zero-order valence-corrected chi connectivity index (χ0v) is 12.5. The van der Waals surface area contributed by atoms with E-state index in [9.17, 15) is 4.39 Å². The predicted molar refractivity (Wildman–Crippen MR) is 88.4 cm³/mol. The van der Waals surface area contributed by atoms with E-state index in [0.717, 1.165) is 16.5 Å². The Bertz CT molecular complexity index is 1010. The average molecular weight is 290 g/mol. The Morgan fingerprint density at radius 2 is 1.86 bits per heavy atom. The molecule has 22 heavy (non-hydrogen) atoms. The van der Waals surface area contributed by atoms with Gasteiger partial charge in [-0.15, -0.1) is 0 Å². The molecule has 2 heterocycles. The second-order valence-corrected chi connectivity index (χ2v) is 5.62. The second kappa shape index (κ2) is 4.67. The van der Waals surface area contributed by atoms with Crippen molar-refractivity contribution in [3.05, 3.63) is 66.1 Å². The first kappa shape index (κ1) is 13.0. The van der Waals surface area contributed by atoms with Crippen LogP contribution in [-0.2, 0) is 7.05 Å². The number of benzene rings is 2. The van der Waals surface area contributed by atoms with Gasteiger partial charge in [0.05, 0.1) is 11.2 Å². The van der Waals surface area contributed by atoms with Crippen LogP contribution >= 0.6 is 0 Å². The van der Waals surface area contributed by atoms with Gasteiger partial charge in [0.15, 0.2) is 0 Å². The van der Waals surface area contributed by atoms with Gasteiger partial charge in [0.25, 0.3) is 0 Å². The molecule has 0 atom stereocenters. The monoisotopic (exact) mass is 290 g/mol. The van der Waals surface area contributed by atoms with Crippen LogP contribution in [0, 0.1) is 12.7 Å². The lowest BCUT2D eigenvalue weighted by Crippen LogP contribution is -1.95. The number of hydrogen-bond acceptors (Lipinski definition) is 1. The van der Waals surface area contributed by atoms with Crippen molar-refractivity contribution < 1.29 is 4.39 Å². The third-order valence-electron chi connectivity index (χ3n) is 4.22. The van der Waals surface area contributed by atoms with E-state index < -0.39 is 0 Å². The summed E-state index contributed by atoms with van der Waals surface area (Å²) in [6.45, 7) is 1.79. The highest BCUT2D eigenvalue weighted by Crippen LogP contribution is 2.30. The molecule has 0 unspecified atom stereocenters. The summed E-state index contributed by atoms with van der Waals surface area (Å²) in [7, 11) is 2.02. The van der Waals surface area contributed by atoms with E-state index in [1.165, 1.54) is 0 Å². The zero-order chi connectivity index (χ0) is 15.3. The third kappa shape index (κ3) is 1.82. The maximum absolute atomic E-state index is 14.6. The molecule has 0 amide bonds. The number of aryl methyl sites for hydroxylation is 1. The molecule has 0 saturated heterocycles. The fourth-order valence-electron chi connectivity index (χ4n) is 2.98. The molecule has 4 aromatic rings. The van der Waals surface area contributed by atoms with Crippen molar-refractivity contribution in [3.8, 4) is 11.3 Å². The fraction of sp³-hybridized carbons (Fsp3) is 0.105. The molecule has 0 bridgehead atoms. The third-order valence-corrected chi connectivity index (χ3v) is 4.22. The number of hydrogen-bond donors (Lipinski definition) is 0. The Morgan fingerprint density at radius 1 is 1.05 bits per heavy atom. The van der Waals surface area contributed by atoms with Crippen LogP contribution in [-0.4, -0.2) is 9.55 Å². The summed E-state index contributed by atoms with van der Waals surface area (Å²) < 4.78 is 16.7. The van der Waals surface area contributed by atoms with Gasteiger partial charge in [0.2, 0.25) is 0 Å². The molecule has 2 aromatic heterocycles. The topological polar surface area (TPSA) is 17.8 Å². The minimum Gasteiger partial charge on any atom is -0.351 e. The van der Waals surface area contributed by atoms with E-state index in [4.69, 9.17) is 0 Å². The molecule has 3 heteroatoms. The normalized spacial score (nSPS) is 11.4. The first-order chi connectivity index (χ1) is 10.6. The van der Waals surface area contributed by atoms with Crippen molar-refractivity contribution in [1.82, 2.24) is 9.55 Å². The van der Waals surface area contributed by atoms with Gasteiger partial charge in [0, 0.05) is 40.7 Å². The Morgan fingerprint density at radius 3 is 2.73 bits per heavy atom.